The predicted molar refractivity (Wildman–Crippen MR) is 83.2 cm³/mol. The van der Waals surface area contributed by atoms with Crippen molar-refractivity contribution in [2.24, 2.45) is 0 Å². The Morgan fingerprint density at radius 1 is 1.38 bits per heavy atom. The Kier molecular flexibility index (Phi) is 4.93. The van der Waals surface area contributed by atoms with Gasteiger partial charge in [0.05, 0.1) is 4.92 Å². The van der Waals surface area contributed by atoms with Gasteiger partial charge in [-0.2, -0.15) is 0 Å². The van der Waals surface area contributed by atoms with Crippen molar-refractivity contribution in [1.82, 2.24) is 5.32 Å². The first kappa shape index (κ1) is 15.5. The lowest BCUT2D eigenvalue weighted by Gasteiger charge is -2.04. The molecule has 0 saturated heterocycles. The Morgan fingerprint density at radius 3 is 2.62 bits per heavy atom. The Hall–Kier alpha value is -1.92. The van der Waals surface area contributed by atoms with Crippen LogP contribution in [0.5, 0.6) is 0 Å². The van der Waals surface area contributed by atoms with Crippen LogP contribution in [0.4, 0.5) is 5.69 Å². The van der Waals surface area contributed by atoms with E-state index in [2.05, 4.69) is 5.32 Å². The topological polar surface area (TPSA) is 72.2 Å². The van der Waals surface area contributed by atoms with Gasteiger partial charge in [-0.1, -0.05) is 41.4 Å². The summed E-state index contributed by atoms with van der Waals surface area (Å²) in [6.07, 6.45) is 0.702. The summed E-state index contributed by atoms with van der Waals surface area (Å²) in [5.41, 5.74) is 2.07. The van der Waals surface area contributed by atoms with Gasteiger partial charge in [-0.25, -0.2) is 0 Å². The van der Waals surface area contributed by atoms with Crippen molar-refractivity contribution in [2.75, 3.05) is 6.54 Å². The molecule has 21 heavy (non-hydrogen) atoms. The summed E-state index contributed by atoms with van der Waals surface area (Å²) in [4.78, 5) is 22.2. The van der Waals surface area contributed by atoms with Gasteiger partial charge in [0.15, 0.2) is 4.34 Å². The highest BCUT2D eigenvalue weighted by Gasteiger charge is 2.20. The molecule has 0 fully saturated rings. The number of nitro groups is 1. The molecule has 1 heterocycles. The van der Waals surface area contributed by atoms with Crippen LogP contribution in [0.3, 0.4) is 0 Å². The molecule has 0 bridgehead atoms. The summed E-state index contributed by atoms with van der Waals surface area (Å²) in [5.74, 6) is -0.345. The number of amides is 1. The molecule has 2 aromatic rings. The third-order valence-corrected chi connectivity index (χ3v) is 4.25. The summed E-state index contributed by atoms with van der Waals surface area (Å²) in [5, 5.41) is 13.4. The van der Waals surface area contributed by atoms with E-state index in [1.54, 1.807) is 0 Å². The third kappa shape index (κ3) is 4.03. The minimum atomic E-state index is -0.595. The van der Waals surface area contributed by atoms with E-state index in [0.717, 1.165) is 16.9 Å². The molecular weight excluding hydrogens is 312 g/mol. The molecule has 0 atom stereocenters. The summed E-state index contributed by atoms with van der Waals surface area (Å²) in [6.45, 7) is 2.48. The fraction of sp³-hybridized carbons (Fsp3) is 0.214. The number of benzene rings is 1. The Labute approximate surface area is 130 Å². The van der Waals surface area contributed by atoms with Crippen molar-refractivity contribution >= 4 is 34.5 Å². The van der Waals surface area contributed by atoms with Crippen molar-refractivity contribution in [1.29, 1.82) is 0 Å². The second-order valence-corrected chi connectivity index (χ2v) is 6.17. The maximum atomic E-state index is 11.9. The van der Waals surface area contributed by atoms with E-state index >= 15 is 0 Å². The molecule has 1 aromatic heterocycles. The Balaban J connectivity index is 1.91. The van der Waals surface area contributed by atoms with Crippen LogP contribution in [-0.4, -0.2) is 17.4 Å². The number of halogens is 1. The smallest absolute Gasteiger partial charge is 0.299 e. The van der Waals surface area contributed by atoms with Crippen LogP contribution in [0.25, 0.3) is 0 Å². The van der Waals surface area contributed by atoms with Crippen molar-refractivity contribution < 1.29 is 9.72 Å². The van der Waals surface area contributed by atoms with Gasteiger partial charge in [0, 0.05) is 12.6 Å². The molecule has 5 nitrogen and oxygen atoms in total. The van der Waals surface area contributed by atoms with Gasteiger partial charge in [0.1, 0.15) is 4.88 Å². The number of hydrogen-bond acceptors (Lipinski definition) is 4. The molecule has 0 radical (unpaired) electrons. The zero-order valence-electron chi connectivity index (χ0n) is 11.3. The van der Waals surface area contributed by atoms with Gasteiger partial charge in [-0.3, -0.25) is 14.9 Å². The lowest BCUT2D eigenvalue weighted by atomic mass is 10.1. The lowest BCUT2D eigenvalue weighted by molar-refractivity contribution is -0.384. The largest absolute Gasteiger partial charge is 0.351 e. The molecular formula is C14H13ClN2O3S. The summed E-state index contributed by atoms with van der Waals surface area (Å²) < 4.78 is 0.0173. The van der Waals surface area contributed by atoms with E-state index in [9.17, 15) is 14.9 Å². The highest BCUT2D eigenvalue weighted by molar-refractivity contribution is 7.18. The fourth-order valence-electron chi connectivity index (χ4n) is 1.76. The number of aryl methyl sites for hydroxylation is 1. The van der Waals surface area contributed by atoms with Crippen LogP contribution in [0.2, 0.25) is 4.34 Å². The second-order valence-electron chi connectivity index (χ2n) is 4.52. The molecule has 2 rings (SSSR count). The van der Waals surface area contributed by atoms with E-state index in [1.807, 2.05) is 31.2 Å². The number of carbonyl (C=O) groups is 1. The zero-order chi connectivity index (χ0) is 15.4. The van der Waals surface area contributed by atoms with Gasteiger partial charge >= 0.3 is 0 Å². The van der Waals surface area contributed by atoms with Gasteiger partial charge in [0.2, 0.25) is 0 Å². The number of thiophene rings is 1. The minimum absolute atomic E-state index is 0.0173. The van der Waals surface area contributed by atoms with Crippen molar-refractivity contribution in [3.8, 4) is 0 Å². The Morgan fingerprint density at radius 2 is 2.05 bits per heavy atom. The highest BCUT2D eigenvalue weighted by atomic mass is 35.5. The van der Waals surface area contributed by atoms with Crippen molar-refractivity contribution in [3.05, 3.63) is 60.8 Å². The van der Waals surface area contributed by atoms with Crippen LogP contribution >= 0.6 is 22.9 Å². The average Bonchev–Trinajstić information content (AvgIpc) is 2.83. The first-order valence-corrected chi connectivity index (χ1v) is 7.44. The molecule has 0 unspecified atom stereocenters. The van der Waals surface area contributed by atoms with Gasteiger partial charge in [0.25, 0.3) is 11.6 Å². The molecule has 0 saturated carbocycles. The highest BCUT2D eigenvalue weighted by Crippen LogP contribution is 2.33. The van der Waals surface area contributed by atoms with E-state index < -0.39 is 4.92 Å². The predicted octanol–water partition coefficient (Wildman–Crippen LogP) is 3.59. The molecule has 1 amide bonds. The Bertz CT molecular complexity index is 667. The van der Waals surface area contributed by atoms with E-state index in [-0.39, 0.29) is 20.8 Å². The fourth-order valence-corrected chi connectivity index (χ4v) is 2.90. The van der Waals surface area contributed by atoms with Crippen LogP contribution in [0.1, 0.15) is 20.8 Å². The molecule has 0 spiro atoms. The van der Waals surface area contributed by atoms with Crippen LogP contribution in [0.15, 0.2) is 30.3 Å². The normalized spacial score (nSPS) is 10.4. The average molecular weight is 325 g/mol. The molecule has 0 aliphatic rings. The maximum Gasteiger partial charge on any atom is 0.299 e. The molecule has 7 heteroatoms. The number of nitrogens with one attached hydrogen (secondary N) is 1. The zero-order valence-corrected chi connectivity index (χ0v) is 12.8. The first-order chi connectivity index (χ1) is 9.97. The van der Waals surface area contributed by atoms with E-state index in [1.165, 1.54) is 11.6 Å². The molecule has 0 aliphatic carbocycles. The maximum absolute atomic E-state index is 11.9. The quantitative estimate of drug-likeness (QED) is 0.674. The number of hydrogen-bond donors (Lipinski definition) is 1. The van der Waals surface area contributed by atoms with Gasteiger partial charge < -0.3 is 5.32 Å². The molecule has 1 aromatic carbocycles. The van der Waals surface area contributed by atoms with Crippen LogP contribution in [-0.2, 0) is 6.42 Å². The summed E-state index contributed by atoms with van der Waals surface area (Å²) in [6, 6.07) is 9.25. The van der Waals surface area contributed by atoms with Crippen LogP contribution in [0, 0.1) is 17.0 Å². The van der Waals surface area contributed by atoms with Crippen molar-refractivity contribution in [3.63, 3.8) is 0 Å². The second kappa shape index (κ2) is 6.69. The monoisotopic (exact) mass is 324 g/mol. The first-order valence-electron chi connectivity index (χ1n) is 6.25. The minimum Gasteiger partial charge on any atom is -0.351 e. The number of rotatable bonds is 5. The van der Waals surface area contributed by atoms with Crippen molar-refractivity contribution in [2.45, 2.75) is 13.3 Å². The van der Waals surface area contributed by atoms with Gasteiger partial charge in [-0.15, -0.1) is 11.3 Å². The third-order valence-electron chi connectivity index (χ3n) is 2.91. The summed E-state index contributed by atoms with van der Waals surface area (Å²) >= 11 is 6.64. The van der Waals surface area contributed by atoms with E-state index in [4.69, 9.17) is 11.6 Å². The standard InChI is InChI=1S/C14H13ClN2O3S/c1-9-2-4-10(5-3-9)6-7-16-14(18)12-8-11(17(19)20)13(15)21-12/h2-5,8H,6-7H2,1H3,(H,16,18). The molecule has 110 valence electrons. The van der Waals surface area contributed by atoms with E-state index in [0.29, 0.717) is 13.0 Å². The summed E-state index contributed by atoms with van der Waals surface area (Å²) in [7, 11) is 0. The SMILES string of the molecule is Cc1ccc(CCNC(=O)c2cc([N+](=O)[O-])c(Cl)s2)cc1. The number of carbonyl (C=O) groups excluding carboxylic acids is 1. The van der Waals surface area contributed by atoms with Crippen LogP contribution < -0.4 is 5.32 Å². The number of nitrogens with zero attached hydrogens (tertiary/aromatic N) is 1. The molecule has 1 N–H and O–H groups in total. The molecule has 0 aliphatic heterocycles. The lowest BCUT2D eigenvalue weighted by Crippen LogP contribution is -2.24. The van der Waals surface area contributed by atoms with Gasteiger partial charge in [-0.05, 0) is 18.9 Å².